The zero-order chi connectivity index (χ0) is 11.5. The Morgan fingerprint density at radius 2 is 2.12 bits per heavy atom. The van der Waals surface area contributed by atoms with Crippen molar-refractivity contribution in [3.63, 3.8) is 0 Å². The fraction of sp³-hybridized carbons (Fsp3) is 0.154. The van der Waals surface area contributed by atoms with Gasteiger partial charge in [0.25, 0.3) is 0 Å². The van der Waals surface area contributed by atoms with Crippen molar-refractivity contribution in [2.24, 2.45) is 0 Å². The van der Waals surface area contributed by atoms with Gasteiger partial charge in [0.05, 0.1) is 6.61 Å². The van der Waals surface area contributed by atoms with Crippen LogP contribution in [0.4, 0.5) is 4.39 Å². The van der Waals surface area contributed by atoms with Crippen molar-refractivity contribution in [2.75, 3.05) is 0 Å². The zero-order valence-electron chi connectivity index (χ0n) is 8.94. The summed E-state index contributed by atoms with van der Waals surface area (Å²) in [5.41, 5.74) is 3.09. The maximum absolute atomic E-state index is 13.1. The molecule has 0 aliphatic heterocycles. The Kier molecular flexibility index (Phi) is 2.97. The molecule has 0 radical (unpaired) electrons. The summed E-state index contributed by atoms with van der Waals surface area (Å²) in [4.78, 5) is 4.02. The molecular formula is C13H12FNO. The Labute approximate surface area is 93.4 Å². The summed E-state index contributed by atoms with van der Waals surface area (Å²) in [6, 6.07) is 6.64. The van der Waals surface area contributed by atoms with Gasteiger partial charge in [-0.05, 0) is 41.8 Å². The molecule has 0 saturated heterocycles. The Bertz CT molecular complexity index is 511. The number of aliphatic hydroxyl groups is 1. The van der Waals surface area contributed by atoms with Crippen LogP contribution in [0.2, 0.25) is 0 Å². The lowest BCUT2D eigenvalue weighted by molar-refractivity contribution is 0.282. The third-order valence-corrected chi connectivity index (χ3v) is 2.55. The molecule has 0 spiro atoms. The highest BCUT2D eigenvalue weighted by Gasteiger charge is 2.06. The van der Waals surface area contributed by atoms with Crippen LogP contribution in [0.3, 0.4) is 0 Å². The SMILES string of the molecule is Cc1cc(-c2cnccc2CO)ccc1F. The molecule has 3 heteroatoms. The van der Waals surface area contributed by atoms with Crippen LogP contribution in [0.5, 0.6) is 0 Å². The number of hydrogen-bond acceptors (Lipinski definition) is 2. The van der Waals surface area contributed by atoms with E-state index in [9.17, 15) is 9.50 Å². The highest BCUT2D eigenvalue weighted by atomic mass is 19.1. The van der Waals surface area contributed by atoms with Gasteiger partial charge in [-0.25, -0.2) is 4.39 Å². The molecule has 1 N–H and O–H groups in total. The second kappa shape index (κ2) is 4.41. The molecule has 0 aliphatic rings. The largest absolute Gasteiger partial charge is 0.392 e. The first kappa shape index (κ1) is 10.8. The number of pyridine rings is 1. The van der Waals surface area contributed by atoms with Crippen LogP contribution in [-0.2, 0) is 6.61 Å². The van der Waals surface area contributed by atoms with Crippen molar-refractivity contribution in [3.05, 3.63) is 53.6 Å². The van der Waals surface area contributed by atoms with E-state index in [2.05, 4.69) is 4.98 Å². The third kappa shape index (κ3) is 1.95. The maximum atomic E-state index is 13.1. The molecule has 0 unspecified atom stereocenters. The molecule has 1 aromatic carbocycles. The second-order valence-corrected chi connectivity index (χ2v) is 3.65. The lowest BCUT2D eigenvalue weighted by Gasteiger charge is -2.07. The summed E-state index contributed by atoms with van der Waals surface area (Å²) in [5, 5.41) is 9.20. The normalized spacial score (nSPS) is 10.4. The van der Waals surface area contributed by atoms with Gasteiger partial charge in [0.1, 0.15) is 5.82 Å². The van der Waals surface area contributed by atoms with Crippen LogP contribution in [-0.4, -0.2) is 10.1 Å². The standard InChI is InChI=1S/C13H12FNO/c1-9-6-10(2-3-13(9)14)12-7-15-5-4-11(12)8-16/h2-7,16H,8H2,1H3. The van der Waals surface area contributed by atoms with Crippen LogP contribution in [0.15, 0.2) is 36.7 Å². The molecule has 1 heterocycles. The number of hydrogen-bond donors (Lipinski definition) is 1. The summed E-state index contributed by atoms with van der Waals surface area (Å²) < 4.78 is 13.1. The smallest absolute Gasteiger partial charge is 0.126 e. The van der Waals surface area contributed by atoms with Crippen molar-refractivity contribution < 1.29 is 9.50 Å². The molecule has 0 amide bonds. The summed E-state index contributed by atoms with van der Waals surface area (Å²) >= 11 is 0. The molecular weight excluding hydrogens is 205 g/mol. The van der Waals surface area contributed by atoms with Gasteiger partial charge in [-0.1, -0.05) is 6.07 Å². The minimum absolute atomic E-state index is 0.0473. The summed E-state index contributed by atoms with van der Waals surface area (Å²) in [5.74, 6) is -0.224. The molecule has 1 aromatic heterocycles. The first-order valence-corrected chi connectivity index (χ1v) is 5.02. The van der Waals surface area contributed by atoms with Crippen LogP contribution >= 0.6 is 0 Å². The van der Waals surface area contributed by atoms with Gasteiger partial charge in [0.15, 0.2) is 0 Å². The number of nitrogens with zero attached hydrogens (tertiary/aromatic N) is 1. The lowest BCUT2D eigenvalue weighted by Crippen LogP contribution is -1.91. The van der Waals surface area contributed by atoms with Gasteiger partial charge >= 0.3 is 0 Å². The average Bonchev–Trinajstić information content (AvgIpc) is 2.32. The van der Waals surface area contributed by atoms with E-state index in [1.165, 1.54) is 6.07 Å². The van der Waals surface area contributed by atoms with Crippen molar-refractivity contribution >= 4 is 0 Å². The predicted octanol–water partition coefficient (Wildman–Crippen LogP) is 2.69. The molecule has 0 bridgehead atoms. The second-order valence-electron chi connectivity index (χ2n) is 3.65. The number of aliphatic hydroxyl groups excluding tert-OH is 1. The van der Waals surface area contributed by atoms with Gasteiger partial charge < -0.3 is 5.11 Å². The Hall–Kier alpha value is -1.74. The van der Waals surface area contributed by atoms with Gasteiger partial charge in [0, 0.05) is 18.0 Å². The monoisotopic (exact) mass is 217 g/mol. The van der Waals surface area contributed by atoms with E-state index in [1.807, 2.05) is 0 Å². The van der Waals surface area contributed by atoms with Crippen LogP contribution < -0.4 is 0 Å². The predicted molar refractivity (Wildman–Crippen MR) is 60.3 cm³/mol. The summed E-state index contributed by atoms with van der Waals surface area (Å²) in [6.45, 7) is 1.67. The molecule has 82 valence electrons. The van der Waals surface area contributed by atoms with E-state index in [1.54, 1.807) is 37.5 Å². The lowest BCUT2D eigenvalue weighted by atomic mass is 10.0. The average molecular weight is 217 g/mol. The summed E-state index contributed by atoms with van der Waals surface area (Å²) in [6.07, 6.45) is 3.31. The third-order valence-electron chi connectivity index (χ3n) is 2.55. The number of rotatable bonds is 2. The van der Waals surface area contributed by atoms with Gasteiger partial charge in [-0.2, -0.15) is 0 Å². The fourth-order valence-electron chi connectivity index (χ4n) is 1.63. The van der Waals surface area contributed by atoms with Gasteiger partial charge in [-0.15, -0.1) is 0 Å². The quantitative estimate of drug-likeness (QED) is 0.839. The van der Waals surface area contributed by atoms with E-state index >= 15 is 0 Å². The Balaban J connectivity index is 2.54. The molecule has 0 fully saturated rings. The van der Waals surface area contributed by atoms with Gasteiger partial charge in [0.2, 0.25) is 0 Å². The number of halogens is 1. The molecule has 2 rings (SSSR count). The molecule has 2 nitrogen and oxygen atoms in total. The molecule has 0 saturated carbocycles. The van der Waals surface area contributed by atoms with E-state index in [-0.39, 0.29) is 12.4 Å². The van der Waals surface area contributed by atoms with E-state index in [0.29, 0.717) is 5.56 Å². The van der Waals surface area contributed by atoms with E-state index < -0.39 is 0 Å². The van der Waals surface area contributed by atoms with Crippen molar-refractivity contribution in [1.82, 2.24) is 4.98 Å². The highest BCUT2D eigenvalue weighted by Crippen LogP contribution is 2.24. The minimum Gasteiger partial charge on any atom is -0.392 e. The maximum Gasteiger partial charge on any atom is 0.126 e. The van der Waals surface area contributed by atoms with Crippen LogP contribution in [0.1, 0.15) is 11.1 Å². The molecule has 16 heavy (non-hydrogen) atoms. The van der Waals surface area contributed by atoms with Crippen LogP contribution in [0, 0.1) is 12.7 Å². The molecule has 0 aliphatic carbocycles. The number of aryl methyl sites for hydroxylation is 1. The number of aromatic nitrogens is 1. The van der Waals surface area contributed by atoms with E-state index in [0.717, 1.165) is 16.7 Å². The van der Waals surface area contributed by atoms with Gasteiger partial charge in [-0.3, -0.25) is 4.98 Å². The Morgan fingerprint density at radius 3 is 2.81 bits per heavy atom. The topological polar surface area (TPSA) is 33.1 Å². The Morgan fingerprint density at radius 1 is 1.31 bits per heavy atom. The van der Waals surface area contributed by atoms with E-state index in [4.69, 9.17) is 0 Å². The van der Waals surface area contributed by atoms with Crippen molar-refractivity contribution in [2.45, 2.75) is 13.5 Å². The van der Waals surface area contributed by atoms with Crippen LogP contribution in [0.25, 0.3) is 11.1 Å². The minimum atomic E-state index is -0.224. The van der Waals surface area contributed by atoms with Crippen molar-refractivity contribution in [1.29, 1.82) is 0 Å². The molecule has 0 atom stereocenters. The van der Waals surface area contributed by atoms with Crippen molar-refractivity contribution in [3.8, 4) is 11.1 Å². The summed E-state index contributed by atoms with van der Waals surface area (Å²) in [7, 11) is 0. The number of benzene rings is 1. The highest BCUT2D eigenvalue weighted by molar-refractivity contribution is 5.66. The zero-order valence-corrected chi connectivity index (χ0v) is 8.94. The molecule has 2 aromatic rings. The first-order chi connectivity index (χ1) is 7.72. The first-order valence-electron chi connectivity index (χ1n) is 5.02. The fourth-order valence-corrected chi connectivity index (χ4v) is 1.63.